The largest absolute Gasteiger partial charge is 0.444 e. The highest BCUT2D eigenvalue weighted by molar-refractivity contribution is 5.68. The molecule has 0 aromatic rings. The minimum atomic E-state index is -0.499. The summed E-state index contributed by atoms with van der Waals surface area (Å²) in [5, 5.41) is 0. The van der Waals surface area contributed by atoms with E-state index in [1.165, 1.54) is 0 Å². The molecule has 3 unspecified atom stereocenters. The molecule has 27 heavy (non-hydrogen) atoms. The number of nitrogens with two attached hydrogens (primary N) is 1. The molecular weight excluding hydrogens is 340 g/mol. The molecule has 1 amide bonds. The molecule has 1 aliphatic heterocycles. The monoisotopic (exact) mass is 384 g/mol. The highest BCUT2D eigenvalue weighted by Crippen LogP contribution is 2.41. The zero-order valence-corrected chi connectivity index (χ0v) is 19.2. The first-order valence-electron chi connectivity index (χ1n) is 10.6. The van der Waals surface area contributed by atoms with Gasteiger partial charge in [0.05, 0.1) is 18.2 Å². The molecule has 160 valence electrons. The fraction of sp³-hybridized carbons (Fsp3) is 0.955. The van der Waals surface area contributed by atoms with Gasteiger partial charge in [-0.15, -0.1) is 0 Å². The number of likely N-dealkylation sites (tertiary alicyclic amines) is 1. The van der Waals surface area contributed by atoms with Gasteiger partial charge in [0.1, 0.15) is 5.60 Å². The molecule has 1 rings (SSSR count). The second kappa shape index (κ2) is 9.13. The van der Waals surface area contributed by atoms with Gasteiger partial charge in [-0.3, -0.25) is 0 Å². The summed E-state index contributed by atoms with van der Waals surface area (Å²) in [5.74, 6) is 0.676. The second-order valence-electron chi connectivity index (χ2n) is 10.8. The first kappa shape index (κ1) is 24.2. The second-order valence-corrected chi connectivity index (χ2v) is 10.8. The quantitative estimate of drug-likeness (QED) is 0.712. The summed E-state index contributed by atoms with van der Waals surface area (Å²) < 4.78 is 12.2. The normalized spacial score (nSPS) is 23.3. The van der Waals surface area contributed by atoms with Crippen molar-refractivity contribution in [3.8, 4) is 0 Å². The molecule has 0 aromatic heterocycles. The average molecular weight is 385 g/mol. The van der Waals surface area contributed by atoms with Crippen LogP contribution in [0.15, 0.2) is 0 Å². The van der Waals surface area contributed by atoms with Gasteiger partial charge in [-0.1, -0.05) is 34.1 Å². The van der Waals surface area contributed by atoms with Crippen LogP contribution in [0.1, 0.15) is 81.6 Å². The number of hydrogen-bond donors (Lipinski definition) is 1. The van der Waals surface area contributed by atoms with Crippen molar-refractivity contribution in [2.75, 3.05) is 19.6 Å². The maximum absolute atomic E-state index is 12.6. The van der Waals surface area contributed by atoms with E-state index in [2.05, 4.69) is 41.5 Å². The Morgan fingerprint density at radius 2 is 1.70 bits per heavy atom. The molecule has 0 bridgehead atoms. The molecule has 0 aromatic carbocycles. The van der Waals surface area contributed by atoms with Crippen molar-refractivity contribution >= 4 is 6.09 Å². The third-order valence-corrected chi connectivity index (χ3v) is 5.42. The topological polar surface area (TPSA) is 64.8 Å². The fourth-order valence-corrected chi connectivity index (χ4v) is 4.51. The smallest absolute Gasteiger partial charge is 0.410 e. The van der Waals surface area contributed by atoms with Gasteiger partial charge in [0.15, 0.2) is 0 Å². The number of ether oxygens (including phenoxy) is 2. The van der Waals surface area contributed by atoms with Crippen LogP contribution in [0, 0.1) is 17.3 Å². The van der Waals surface area contributed by atoms with Crippen molar-refractivity contribution in [1.29, 1.82) is 0 Å². The summed E-state index contributed by atoms with van der Waals surface area (Å²) in [6.45, 7) is 20.9. The highest BCUT2D eigenvalue weighted by atomic mass is 16.6. The summed E-state index contributed by atoms with van der Waals surface area (Å²) in [4.78, 5) is 14.4. The van der Waals surface area contributed by atoms with Gasteiger partial charge in [-0.2, -0.15) is 0 Å². The number of rotatable bonds is 6. The van der Waals surface area contributed by atoms with Crippen LogP contribution in [0.5, 0.6) is 0 Å². The van der Waals surface area contributed by atoms with E-state index in [9.17, 15) is 4.79 Å². The Morgan fingerprint density at radius 1 is 1.11 bits per heavy atom. The maximum atomic E-state index is 12.6. The van der Waals surface area contributed by atoms with E-state index >= 15 is 0 Å². The molecule has 0 spiro atoms. The van der Waals surface area contributed by atoms with Gasteiger partial charge in [0, 0.05) is 6.54 Å². The summed E-state index contributed by atoms with van der Waals surface area (Å²) >= 11 is 0. The first-order valence-corrected chi connectivity index (χ1v) is 10.6. The lowest BCUT2D eigenvalue weighted by Crippen LogP contribution is -2.53. The number of nitrogens with zero attached hydrogens (tertiary/aromatic N) is 1. The van der Waals surface area contributed by atoms with Crippen LogP contribution in [0.2, 0.25) is 0 Å². The lowest BCUT2D eigenvalue weighted by molar-refractivity contribution is -0.151. The Morgan fingerprint density at radius 3 is 2.15 bits per heavy atom. The van der Waals surface area contributed by atoms with Crippen LogP contribution in [0.25, 0.3) is 0 Å². The highest BCUT2D eigenvalue weighted by Gasteiger charge is 2.42. The Hall–Kier alpha value is -0.810. The predicted molar refractivity (Wildman–Crippen MR) is 112 cm³/mol. The molecule has 0 aliphatic carbocycles. The molecular formula is C22H44N2O3. The molecule has 1 saturated heterocycles. The fourth-order valence-electron chi connectivity index (χ4n) is 4.51. The third kappa shape index (κ3) is 7.61. The lowest BCUT2D eigenvalue weighted by Gasteiger charge is -2.47. The molecule has 2 N–H and O–H groups in total. The molecule has 0 radical (unpaired) electrons. The van der Waals surface area contributed by atoms with E-state index in [-0.39, 0.29) is 29.1 Å². The van der Waals surface area contributed by atoms with Crippen LogP contribution in [-0.4, -0.2) is 47.9 Å². The van der Waals surface area contributed by atoms with Crippen LogP contribution in [0.3, 0.4) is 0 Å². The van der Waals surface area contributed by atoms with E-state index in [0.29, 0.717) is 25.6 Å². The van der Waals surface area contributed by atoms with Crippen LogP contribution < -0.4 is 5.73 Å². The van der Waals surface area contributed by atoms with Crippen LogP contribution in [0.4, 0.5) is 4.79 Å². The molecule has 5 nitrogen and oxygen atoms in total. The molecule has 5 heteroatoms. The van der Waals surface area contributed by atoms with Gasteiger partial charge >= 0.3 is 6.09 Å². The minimum Gasteiger partial charge on any atom is -0.444 e. The Bertz CT molecular complexity index is 477. The van der Waals surface area contributed by atoms with Crippen molar-refractivity contribution in [2.45, 2.75) is 98.9 Å². The summed E-state index contributed by atoms with van der Waals surface area (Å²) in [7, 11) is 0. The van der Waals surface area contributed by atoms with Gasteiger partial charge in [-0.05, 0) is 71.3 Å². The van der Waals surface area contributed by atoms with Crippen LogP contribution >= 0.6 is 0 Å². The Kier molecular flexibility index (Phi) is 8.19. The van der Waals surface area contributed by atoms with Gasteiger partial charge in [0.2, 0.25) is 0 Å². The number of carbonyl (C=O) groups is 1. The van der Waals surface area contributed by atoms with Crippen molar-refractivity contribution in [3.63, 3.8) is 0 Å². The number of hydrogen-bond acceptors (Lipinski definition) is 4. The van der Waals surface area contributed by atoms with E-state index < -0.39 is 5.60 Å². The summed E-state index contributed by atoms with van der Waals surface area (Å²) in [5.41, 5.74) is 5.35. The van der Waals surface area contributed by atoms with Crippen molar-refractivity contribution in [3.05, 3.63) is 0 Å². The number of carbonyl (C=O) groups excluding carboxylic acids is 1. The van der Waals surface area contributed by atoms with Gasteiger partial charge in [-0.25, -0.2) is 4.79 Å². The van der Waals surface area contributed by atoms with Crippen molar-refractivity contribution < 1.29 is 14.3 Å². The Balaban J connectivity index is 2.91. The minimum absolute atomic E-state index is 0.0171. The SMILES string of the molecule is CCCC(C(C)(C)C)C(C)(C)OC1CC(CN)CN(C(=O)OC(C)(C)C)C1. The standard InChI is InChI=1S/C22H44N2O3/c1-10-11-18(20(2,3)4)22(8,9)26-17-12-16(13-23)14-24(15-17)19(25)27-21(5,6)7/h16-18H,10-15,23H2,1-9H3. The van der Waals surface area contributed by atoms with Gasteiger partial charge < -0.3 is 20.1 Å². The van der Waals surface area contributed by atoms with E-state index in [1.807, 2.05) is 20.8 Å². The third-order valence-electron chi connectivity index (χ3n) is 5.42. The van der Waals surface area contributed by atoms with E-state index in [0.717, 1.165) is 19.3 Å². The average Bonchev–Trinajstić information content (AvgIpc) is 2.48. The number of amides is 1. The number of piperidine rings is 1. The molecule has 1 fully saturated rings. The molecule has 1 heterocycles. The molecule has 0 saturated carbocycles. The maximum Gasteiger partial charge on any atom is 0.410 e. The van der Waals surface area contributed by atoms with Crippen molar-refractivity contribution in [2.24, 2.45) is 23.0 Å². The van der Waals surface area contributed by atoms with Crippen molar-refractivity contribution in [1.82, 2.24) is 4.90 Å². The van der Waals surface area contributed by atoms with E-state index in [1.54, 1.807) is 4.90 Å². The summed E-state index contributed by atoms with van der Waals surface area (Å²) in [6.07, 6.45) is 2.86. The van der Waals surface area contributed by atoms with E-state index in [4.69, 9.17) is 15.2 Å². The van der Waals surface area contributed by atoms with Gasteiger partial charge in [0.25, 0.3) is 0 Å². The Labute approximate surface area is 167 Å². The predicted octanol–water partition coefficient (Wildman–Crippen LogP) is 4.83. The summed E-state index contributed by atoms with van der Waals surface area (Å²) in [6, 6.07) is 0. The molecule has 3 atom stereocenters. The molecule has 1 aliphatic rings. The first-order chi connectivity index (χ1) is 12.2. The van der Waals surface area contributed by atoms with Crippen LogP contribution in [-0.2, 0) is 9.47 Å². The zero-order valence-electron chi connectivity index (χ0n) is 19.2. The lowest BCUT2D eigenvalue weighted by atomic mass is 9.69. The zero-order chi connectivity index (χ0) is 21.0.